The third-order valence-corrected chi connectivity index (χ3v) is 1.60. The second-order valence-corrected chi connectivity index (χ2v) is 2.99. The number of nitrogens with zero attached hydrogens (tertiary/aromatic N) is 4. The Hall–Kier alpha value is -0.970. The van der Waals surface area contributed by atoms with Gasteiger partial charge in [0, 0.05) is 19.1 Å². The van der Waals surface area contributed by atoms with E-state index in [1.807, 2.05) is 13.8 Å². The van der Waals surface area contributed by atoms with Gasteiger partial charge in [0.1, 0.15) is 0 Å². The summed E-state index contributed by atoms with van der Waals surface area (Å²) in [7, 11) is 0. The quantitative estimate of drug-likeness (QED) is 0.700. The summed E-state index contributed by atoms with van der Waals surface area (Å²) in [6, 6.07) is 0. The molecule has 5 heteroatoms. The van der Waals surface area contributed by atoms with E-state index in [1.165, 1.54) is 0 Å². The van der Waals surface area contributed by atoms with Crippen LogP contribution in [0.1, 0.15) is 32.0 Å². The molecular weight excluding hydrogens is 156 g/mol. The number of aliphatic hydroxyl groups is 1. The number of aliphatic hydroxyl groups excluding tert-OH is 1. The lowest BCUT2D eigenvalue weighted by Gasteiger charge is -2.04. The Bertz CT molecular complexity index is 233. The van der Waals surface area contributed by atoms with Crippen molar-refractivity contribution in [2.24, 2.45) is 0 Å². The van der Waals surface area contributed by atoms with E-state index in [2.05, 4.69) is 15.5 Å². The molecule has 1 aromatic heterocycles. The molecule has 5 nitrogen and oxygen atoms in total. The van der Waals surface area contributed by atoms with Crippen molar-refractivity contribution in [3.8, 4) is 0 Å². The minimum atomic E-state index is 0.178. The van der Waals surface area contributed by atoms with Gasteiger partial charge in [-0.1, -0.05) is 13.8 Å². The molecule has 0 unspecified atom stereocenters. The maximum atomic E-state index is 8.61. The molecule has 1 N–H and O–H groups in total. The van der Waals surface area contributed by atoms with Crippen LogP contribution in [0.5, 0.6) is 0 Å². The third-order valence-electron chi connectivity index (χ3n) is 1.60. The number of aryl methyl sites for hydroxylation is 1. The third kappa shape index (κ3) is 2.01. The number of rotatable bonds is 4. The van der Waals surface area contributed by atoms with Crippen LogP contribution in [0.15, 0.2) is 0 Å². The standard InChI is InChI=1S/C7H14N4O/c1-6(2)7-8-9-10-11(7)4-3-5-12/h6,12H,3-5H2,1-2H3. The topological polar surface area (TPSA) is 63.8 Å². The first-order chi connectivity index (χ1) is 5.75. The summed E-state index contributed by atoms with van der Waals surface area (Å²) in [4.78, 5) is 0. The van der Waals surface area contributed by atoms with Gasteiger partial charge in [0.15, 0.2) is 5.82 Å². The van der Waals surface area contributed by atoms with Crippen LogP contribution in [-0.2, 0) is 6.54 Å². The Morgan fingerprint density at radius 2 is 2.25 bits per heavy atom. The molecule has 12 heavy (non-hydrogen) atoms. The van der Waals surface area contributed by atoms with E-state index >= 15 is 0 Å². The molecule has 0 bridgehead atoms. The zero-order valence-electron chi connectivity index (χ0n) is 7.43. The largest absolute Gasteiger partial charge is 0.396 e. The van der Waals surface area contributed by atoms with Gasteiger partial charge in [0.05, 0.1) is 0 Å². The van der Waals surface area contributed by atoms with Gasteiger partial charge in [-0.05, 0) is 16.8 Å². The predicted octanol–water partition coefficient (Wildman–Crippen LogP) is 0.179. The molecule has 0 radical (unpaired) electrons. The molecule has 68 valence electrons. The fourth-order valence-electron chi connectivity index (χ4n) is 1.00. The average molecular weight is 170 g/mol. The number of aromatic nitrogens is 4. The number of hydrogen-bond acceptors (Lipinski definition) is 4. The van der Waals surface area contributed by atoms with Crippen molar-refractivity contribution in [1.82, 2.24) is 20.2 Å². The van der Waals surface area contributed by atoms with E-state index in [0.717, 1.165) is 5.82 Å². The molecule has 0 spiro atoms. The zero-order chi connectivity index (χ0) is 8.97. The first-order valence-corrected chi connectivity index (χ1v) is 4.12. The van der Waals surface area contributed by atoms with E-state index in [1.54, 1.807) is 4.68 Å². The average Bonchev–Trinajstić information content (AvgIpc) is 2.48. The summed E-state index contributed by atoms with van der Waals surface area (Å²) >= 11 is 0. The number of tetrazole rings is 1. The molecule has 0 aliphatic heterocycles. The molecule has 0 saturated carbocycles. The molecule has 1 heterocycles. The van der Waals surface area contributed by atoms with Crippen LogP contribution < -0.4 is 0 Å². The van der Waals surface area contributed by atoms with Crippen LogP contribution in [0.25, 0.3) is 0 Å². The smallest absolute Gasteiger partial charge is 0.153 e. The van der Waals surface area contributed by atoms with Gasteiger partial charge in [0.2, 0.25) is 0 Å². The van der Waals surface area contributed by atoms with Crippen molar-refractivity contribution in [1.29, 1.82) is 0 Å². The highest BCUT2D eigenvalue weighted by atomic mass is 16.3. The summed E-state index contributed by atoms with van der Waals surface area (Å²) in [6.07, 6.45) is 0.699. The Kier molecular flexibility index (Phi) is 3.16. The summed E-state index contributed by atoms with van der Waals surface area (Å²) in [5.41, 5.74) is 0. The second kappa shape index (κ2) is 4.15. The molecule has 0 saturated heterocycles. The minimum absolute atomic E-state index is 0.178. The monoisotopic (exact) mass is 170 g/mol. The van der Waals surface area contributed by atoms with E-state index in [9.17, 15) is 0 Å². The van der Waals surface area contributed by atoms with Crippen molar-refractivity contribution < 1.29 is 5.11 Å². The van der Waals surface area contributed by atoms with Crippen molar-refractivity contribution >= 4 is 0 Å². The van der Waals surface area contributed by atoms with E-state index in [4.69, 9.17) is 5.11 Å². The highest BCUT2D eigenvalue weighted by Gasteiger charge is 2.08. The van der Waals surface area contributed by atoms with Crippen LogP contribution in [0, 0.1) is 0 Å². The molecule has 0 aromatic carbocycles. The van der Waals surface area contributed by atoms with Crippen molar-refractivity contribution in [2.45, 2.75) is 32.7 Å². The SMILES string of the molecule is CC(C)c1nnnn1CCCO. The first kappa shape index (κ1) is 9.12. The Morgan fingerprint density at radius 3 is 2.83 bits per heavy atom. The molecule has 0 fully saturated rings. The van der Waals surface area contributed by atoms with Crippen LogP contribution >= 0.6 is 0 Å². The van der Waals surface area contributed by atoms with Crippen LogP contribution in [0.4, 0.5) is 0 Å². The fraction of sp³-hybridized carbons (Fsp3) is 0.857. The summed E-state index contributed by atoms with van der Waals surface area (Å²) in [5.74, 6) is 1.21. The maximum Gasteiger partial charge on any atom is 0.153 e. The van der Waals surface area contributed by atoms with Gasteiger partial charge in [-0.2, -0.15) is 0 Å². The molecular formula is C7H14N4O. The molecule has 1 rings (SSSR count). The minimum Gasteiger partial charge on any atom is -0.396 e. The second-order valence-electron chi connectivity index (χ2n) is 2.99. The molecule has 0 aliphatic carbocycles. The molecule has 0 atom stereocenters. The normalized spacial score (nSPS) is 11.0. The van der Waals surface area contributed by atoms with E-state index in [0.29, 0.717) is 18.9 Å². The molecule has 0 aliphatic rings. The summed E-state index contributed by atoms with van der Waals surface area (Å²) in [5, 5.41) is 19.9. The van der Waals surface area contributed by atoms with Gasteiger partial charge in [-0.25, -0.2) is 4.68 Å². The first-order valence-electron chi connectivity index (χ1n) is 4.12. The highest BCUT2D eigenvalue weighted by molar-refractivity contribution is 4.87. The van der Waals surface area contributed by atoms with Crippen molar-refractivity contribution in [2.75, 3.05) is 6.61 Å². The van der Waals surface area contributed by atoms with Gasteiger partial charge >= 0.3 is 0 Å². The molecule has 1 aromatic rings. The van der Waals surface area contributed by atoms with Gasteiger partial charge in [-0.15, -0.1) is 5.10 Å². The van der Waals surface area contributed by atoms with Crippen LogP contribution in [0.3, 0.4) is 0 Å². The Morgan fingerprint density at radius 1 is 1.50 bits per heavy atom. The van der Waals surface area contributed by atoms with E-state index in [-0.39, 0.29) is 6.61 Å². The van der Waals surface area contributed by atoms with Gasteiger partial charge in [0.25, 0.3) is 0 Å². The summed E-state index contributed by atoms with van der Waals surface area (Å²) < 4.78 is 1.74. The maximum absolute atomic E-state index is 8.61. The Labute approximate surface area is 71.4 Å². The lowest BCUT2D eigenvalue weighted by molar-refractivity contribution is 0.275. The van der Waals surface area contributed by atoms with E-state index < -0.39 is 0 Å². The van der Waals surface area contributed by atoms with Gasteiger partial charge in [-0.3, -0.25) is 0 Å². The predicted molar refractivity (Wildman–Crippen MR) is 43.6 cm³/mol. The Balaban J connectivity index is 2.64. The van der Waals surface area contributed by atoms with Crippen LogP contribution in [0.2, 0.25) is 0 Å². The van der Waals surface area contributed by atoms with Crippen molar-refractivity contribution in [3.05, 3.63) is 5.82 Å². The van der Waals surface area contributed by atoms with Gasteiger partial charge < -0.3 is 5.11 Å². The zero-order valence-corrected chi connectivity index (χ0v) is 7.43. The fourth-order valence-corrected chi connectivity index (χ4v) is 1.00. The lowest BCUT2D eigenvalue weighted by atomic mass is 10.2. The summed E-state index contributed by atoms with van der Waals surface area (Å²) in [6.45, 7) is 4.96. The highest BCUT2D eigenvalue weighted by Crippen LogP contribution is 2.08. The number of hydrogen-bond donors (Lipinski definition) is 1. The van der Waals surface area contributed by atoms with Crippen molar-refractivity contribution in [3.63, 3.8) is 0 Å². The molecule has 0 amide bonds. The lowest BCUT2D eigenvalue weighted by Crippen LogP contribution is -2.08. The van der Waals surface area contributed by atoms with Crippen LogP contribution in [-0.4, -0.2) is 31.9 Å².